The number of nitrogens with one attached hydrogen (secondary N) is 2. The van der Waals surface area contributed by atoms with Gasteiger partial charge in [-0.3, -0.25) is 4.99 Å². The zero-order valence-electron chi connectivity index (χ0n) is 14.7. The van der Waals surface area contributed by atoms with Crippen LogP contribution in [0.1, 0.15) is 43.9 Å². The highest BCUT2D eigenvalue weighted by Gasteiger charge is 2.29. The second-order valence-electron chi connectivity index (χ2n) is 6.41. The zero-order chi connectivity index (χ0) is 17.6. The minimum atomic E-state index is -0.806. The third-order valence-corrected chi connectivity index (χ3v) is 4.35. The average molecular weight is 337 g/mol. The van der Waals surface area contributed by atoms with E-state index >= 15 is 0 Å². The molecule has 1 unspecified atom stereocenters. The molecule has 1 aliphatic heterocycles. The molecule has 5 nitrogen and oxygen atoms in total. The molecular weight excluding hydrogens is 309 g/mol. The number of nitrogens with zero attached hydrogens (tertiary/aromatic N) is 1. The van der Waals surface area contributed by atoms with Crippen LogP contribution >= 0.6 is 0 Å². The zero-order valence-corrected chi connectivity index (χ0v) is 14.7. The van der Waals surface area contributed by atoms with Gasteiger partial charge in [0.2, 0.25) is 0 Å². The lowest BCUT2D eigenvalue weighted by molar-refractivity contribution is -0.0566. The molecule has 0 aliphatic carbocycles. The maximum atomic E-state index is 13.7. The highest BCUT2D eigenvalue weighted by atomic mass is 19.1. The van der Waals surface area contributed by atoms with Crippen LogP contribution in [-0.4, -0.2) is 43.0 Å². The summed E-state index contributed by atoms with van der Waals surface area (Å²) in [6.07, 6.45) is 1.18. The minimum absolute atomic E-state index is 0.0952. The molecule has 0 aromatic heterocycles. The molecule has 0 bridgehead atoms. The Morgan fingerprint density at radius 3 is 2.75 bits per heavy atom. The Labute approximate surface area is 143 Å². The SMILES string of the molecule is CCNC(=NCC1(O)CCOCC1)NC(C)c1ccc(C)c(F)c1. The molecule has 1 atom stereocenters. The van der Waals surface area contributed by atoms with Crippen molar-refractivity contribution in [3.05, 3.63) is 35.1 Å². The van der Waals surface area contributed by atoms with E-state index in [1.165, 1.54) is 0 Å². The van der Waals surface area contributed by atoms with Gasteiger partial charge < -0.3 is 20.5 Å². The Kier molecular flexibility index (Phi) is 6.57. The number of hydrogen-bond donors (Lipinski definition) is 3. The molecule has 0 spiro atoms. The summed E-state index contributed by atoms with van der Waals surface area (Å²) in [5.74, 6) is 0.408. The van der Waals surface area contributed by atoms with Crippen molar-refractivity contribution in [2.75, 3.05) is 26.3 Å². The Hall–Kier alpha value is -1.66. The molecule has 1 aromatic carbocycles. The summed E-state index contributed by atoms with van der Waals surface area (Å²) in [7, 11) is 0. The van der Waals surface area contributed by atoms with Crippen molar-refractivity contribution in [3.63, 3.8) is 0 Å². The van der Waals surface area contributed by atoms with Crippen molar-refractivity contribution in [3.8, 4) is 0 Å². The van der Waals surface area contributed by atoms with E-state index in [-0.39, 0.29) is 11.9 Å². The number of ether oxygens (including phenoxy) is 1. The third-order valence-electron chi connectivity index (χ3n) is 4.35. The summed E-state index contributed by atoms with van der Waals surface area (Å²) in [5.41, 5.74) is 0.682. The number of rotatable bonds is 5. The van der Waals surface area contributed by atoms with Gasteiger partial charge in [0.1, 0.15) is 5.82 Å². The Bertz CT molecular complexity index is 571. The van der Waals surface area contributed by atoms with Crippen LogP contribution in [0.2, 0.25) is 0 Å². The lowest BCUT2D eigenvalue weighted by Crippen LogP contribution is -2.43. The first-order valence-electron chi connectivity index (χ1n) is 8.54. The van der Waals surface area contributed by atoms with Crippen molar-refractivity contribution >= 4 is 5.96 Å². The highest BCUT2D eigenvalue weighted by molar-refractivity contribution is 5.80. The number of benzene rings is 1. The molecule has 0 radical (unpaired) electrons. The summed E-state index contributed by atoms with van der Waals surface area (Å²) in [4.78, 5) is 4.51. The first kappa shape index (κ1) is 18.7. The Balaban J connectivity index is 2.03. The largest absolute Gasteiger partial charge is 0.388 e. The quantitative estimate of drug-likeness (QED) is 0.570. The van der Waals surface area contributed by atoms with Crippen molar-refractivity contribution in [2.45, 2.75) is 45.3 Å². The van der Waals surface area contributed by atoms with Crippen LogP contribution < -0.4 is 10.6 Å². The van der Waals surface area contributed by atoms with Gasteiger partial charge in [0.05, 0.1) is 18.2 Å². The second-order valence-corrected chi connectivity index (χ2v) is 6.41. The fourth-order valence-corrected chi connectivity index (χ4v) is 2.62. The van der Waals surface area contributed by atoms with Crippen molar-refractivity contribution in [1.29, 1.82) is 0 Å². The molecule has 1 saturated heterocycles. The maximum Gasteiger partial charge on any atom is 0.191 e. The average Bonchev–Trinajstić information content (AvgIpc) is 2.56. The van der Waals surface area contributed by atoms with Gasteiger partial charge in [-0.05, 0) is 38.0 Å². The van der Waals surface area contributed by atoms with Gasteiger partial charge in [0, 0.05) is 32.6 Å². The van der Waals surface area contributed by atoms with Gasteiger partial charge in [-0.25, -0.2) is 4.39 Å². The summed E-state index contributed by atoms with van der Waals surface area (Å²) >= 11 is 0. The first-order chi connectivity index (χ1) is 11.4. The van der Waals surface area contributed by atoms with Gasteiger partial charge >= 0.3 is 0 Å². The predicted octanol–water partition coefficient (Wildman–Crippen LogP) is 2.29. The van der Waals surface area contributed by atoms with Crippen LogP contribution in [0.25, 0.3) is 0 Å². The molecule has 0 amide bonds. The summed E-state index contributed by atoms with van der Waals surface area (Å²) in [6, 6.07) is 5.13. The topological polar surface area (TPSA) is 65.9 Å². The summed E-state index contributed by atoms with van der Waals surface area (Å²) in [5, 5.41) is 17.0. The molecule has 0 saturated carbocycles. The maximum absolute atomic E-state index is 13.7. The van der Waals surface area contributed by atoms with Crippen LogP contribution in [0.3, 0.4) is 0 Å². The molecule has 2 rings (SSSR count). The van der Waals surface area contributed by atoms with Gasteiger partial charge in [-0.2, -0.15) is 0 Å². The van der Waals surface area contributed by atoms with Gasteiger partial charge in [0.25, 0.3) is 0 Å². The molecule has 1 aromatic rings. The van der Waals surface area contributed by atoms with E-state index in [1.54, 1.807) is 19.1 Å². The Morgan fingerprint density at radius 1 is 1.42 bits per heavy atom. The number of guanidine groups is 1. The van der Waals surface area contributed by atoms with E-state index in [4.69, 9.17) is 4.74 Å². The number of hydrogen-bond acceptors (Lipinski definition) is 3. The van der Waals surface area contributed by atoms with Crippen molar-refractivity contribution < 1.29 is 14.2 Å². The van der Waals surface area contributed by atoms with E-state index < -0.39 is 5.60 Å². The lowest BCUT2D eigenvalue weighted by Gasteiger charge is -2.30. The molecule has 24 heavy (non-hydrogen) atoms. The van der Waals surface area contributed by atoms with Crippen LogP contribution in [0.5, 0.6) is 0 Å². The highest BCUT2D eigenvalue weighted by Crippen LogP contribution is 2.21. The molecule has 3 N–H and O–H groups in total. The summed E-state index contributed by atoms with van der Waals surface area (Å²) in [6.45, 7) is 7.85. The molecular formula is C18H28FN3O2. The molecule has 6 heteroatoms. The predicted molar refractivity (Wildman–Crippen MR) is 93.7 cm³/mol. The molecule has 1 fully saturated rings. The van der Waals surface area contributed by atoms with Gasteiger partial charge in [-0.15, -0.1) is 0 Å². The number of aliphatic hydroxyl groups is 1. The Morgan fingerprint density at radius 2 is 2.12 bits per heavy atom. The fraction of sp³-hybridized carbons (Fsp3) is 0.611. The molecule has 134 valence electrons. The van der Waals surface area contributed by atoms with Crippen molar-refractivity contribution in [1.82, 2.24) is 10.6 Å². The van der Waals surface area contributed by atoms with E-state index in [0.717, 1.165) is 5.56 Å². The fourth-order valence-electron chi connectivity index (χ4n) is 2.62. The third kappa shape index (κ3) is 5.18. The van der Waals surface area contributed by atoms with Gasteiger partial charge in [0.15, 0.2) is 5.96 Å². The monoisotopic (exact) mass is 337 g/mol. The lowest BCUT2D eigenvalue weighted by atomic mass is 9.95. The van der Waals surface area contributed by atoms with Gasteiger partial charge in [-0.1, -0.05) is 12.1 Å². The number of halogens is 1. The minimum Gasteiger partial charge on any atom is -0.388 e. The second kappa shape index (κ2) is 8.44. The molecule has 1 heterocycles. The standard InChI is InChI=1S/C18H28FN3O2/c1-4-20-17(21-12-18(23)7-9-24-10-8-18)22-14(3)15-6-5-13(2)16(19)11-15/h5-6,11,14,23H,4,7-10,12H2,1-3H3,(H2,20,21,22). The number of aliphatic imine (C=N–C) groups is 1. The van der Waals surface area contributed by atoms with E-state index in [1.807, 2.05) is 19.9 Å². The number of aryl methyl sites for hydroxylation is 1. The van der Waals surface area contributed by atoms with Crippen LogP contribution in [0.15, 0.2) is 23.2 Å². The van der Waals surface area contributed by atoms with Crippen LogP contribution in [-0.2, 0) is 4.74 Å². The smallest absolute Gasteiger partial charge is 0.191 e. The molecule has 1 aliphatic rings. The van der Waals surface area contributed by atoms with E-state index in [0.29, 0.717) is 50.7 Å². The van der Waals surface area contributed by atoms with E-state index in [2.05, 4.69) is 15.6 Å². The first-order valence-corrected chi connectivity index (χ1v) is 8.54. The van der Waals surface area contributed by atoms with Crippen LogP contribution in [0, 0.1) is 12.7 Å². The summed E-state index contributed by atoms with van der Waals surface area (Å²) < 4.78 is 19.0. The van der Waals surface area contributed by atoms with Crippen molar-refractivity contribution in [2.24, 2.45) is 4.99 Å². The van der Waals surface area contributed by atoms with E-state index in [9.17, 15) is 9.50 Å². The van der Waals surface area contributed by atoms with Crippen LogP contribution in [0.4, 0.5) is 4.39 Å². The normalized spacial score (nSPS) is 19.0.